The van der Waals surface area contributed by atoms with E-state index in [2.05, 4.69) is 26.3 Å². The van der Waals surface area contributed by atoms with Crippen LogP contribution in [0.15, 0.2) is 53.3 Å². The molecular formula is C24H28N4O3. The molecule has 31 heavy (non-hydrogen) atoms. The Morgan fingerprint density at radius 2 is 1.90 bits per heavy atom. The Morgan fingerprint density at radius 1 is 1.16 bits per heavy atom. The summed E-state index contributed by atoms with van der Waals surface area (Å²) in [6.45, 7) is 2.54. The smallest absolute Gasteiger partial charge is 0.258 e. The van der Waals surface area contributed by atoms with E-state index in [4.69, 9.17) is 4.74 Å². The van der Waals surface area contributed by atoms with Crippen molar-refractivity contribution in [1.29, 1.82) is 0 Å². The van der Waals surface area contributed by atoms with Gasteiger partial charge in [0.25, 0.3) is 5.56 Å². The summed E-state index contributed by atoms with van der Waals surface area (Å²) in [6, 6.07) is 15.3. The zero-order chi connectivity index (χ0) is 21.6. The Labute approximate surface area is 181 Å². The maximum atomic E-state index is 12.6. The topological polar surface area (TPSA) is 87.3 Å². The molecule has 1 amide bonds. The fraction of sp³-hybridized carbons (Fsp3) is 0.375. The molecule has 1 saturated heterocycles. The molecule has 0 saturated carbocycles. The molecule has 3 aromatic rings. The van der Waals surface area contributed by atoms with Crippen molar-refractivity contribution >= 4 is 16.8 Å². The van der Waals surface area contributed by atoms with E-state index < -0.39 is 0 Å². The molecule has 1 aromatic heterocycles. The number of hydrogen-bond donors (Lipinski definition) is 2. The average Bonchev–Trinajstić information content (AvgIpc) is 3.33. The van der Waals surface area contributed by atoms with Crippen molar-refractivity contribution in [1.82, 2.24) is 20.2 Å². The van der Waals surface area contributed by atoms with Crippen LogP contribution in [0.25, 0.3) is 10.9 Å². The molecule has 7 heteroatoms. The second kappa shape index (κ2) is 9.75. The number of para-hydroxylation sites is 2. The summed E-state index contributed by atoms with van der Waals surface area (Å²) in [5.74, 6) is 1.31. The second-order valence-electron chi connectivity index (χ2n) is 7.83. The minimum atomic E-state index is -0.175. The summed E-state index contributed by atoms with van der Waals surface area (Å²) < 4.78 is 5.56. The van der Waals surface area contributed by atoms with E-state index >= 15 is 0 Å². The van der Waals surface area contributed by atoms with Gasteiger partial charge < -0.3 is 15.0 Å². The van der Waals surface area contributed by atoms with Gasteiger partial charge in [-0.1, -0.05) is 30.3 Å². The number of likely N-dealkylation sites (tertiary alicyclic amines) is 1. The molecule has 0 aliphatic carbocycles. The molecule has 1 aliphatic heterocycles. The Hall–Kier alpha value is -3.19. The third-order valence-electron chi connectivity index (χ3n) is 5.82. The SMILES string of the molecule is COc1ccccc1C(CNC(=O)CCc1nc2ccccc2c(=O)[nH]1)N1CCCC1. The number of nitrogens with one attached hydrogen (secondary N) is 2. The first-order valence-corrected chi connectivity index (χ1v) is 10.8. The number of fused-ring (bicyclic) bond motifs is 1. The number of benzene rings is 2. The van der Waals surface area contributed by atoms with E-state index in [0.717, 1.165) is 24.4 Å². The Kier molecular flexibility index (Phi) is 6.62. The normalized spacial score (nSPS) is 15.1. The highest BCUT2D eigenvalue weighted by Gasteiger charge is 2.26. The van der Waals surface area contributed by atoms with Crippen LogP contribution < -0.4 is 15.6 Å². The summed E-state index contributed by atoms with van der Waals surface area (Å²) in [6.07, 6.45) is 2.98. The monoisotopic (exact) mass is 420 g/mol. The van der Waals surface area contributed by atoms with Crippen LogP contribution in [0.5, 0.6) is 5.75 Å². The maximum Gasteiger partial charge on any atom is 0.258 e. The quantitative estimate of drug-likeness (QED) is 0.585. The molecule has 1 aliphatic rings. The number of amides is 1. The van der Waals surface area contributed by atoms with E-state index in [1.54, 1.807) is 13.2 Å². The molecule has 0 bridgehead atoms. The third-order valence-corrected chi connectivity index (χ3v) is 5.82. The lowest BCUT2D eigenvalue weighted by molar-refractivity contribution is -0.121. The van der Waals surface area contributed by atoms with Crippen molar-refractivity contribution in [3.63, 3.8) is 0 Å². The first kappa shape index (κ1) is 21.1. The molecule has 0 radical (unpaired) electrons. The van der Waals surface area contributed by atoms with Gasteiger partial charge in [-0.05, 0) is 44.1 Å². The summed E-state index contributed by atoms with van der Waals surface area (Å²) in [7, 11) is 1.68. The Balaban J connectivity index is 1.41. The minimum absolute atomic E-state index is 0.0603. The number of aryl methyl sites for hydroxylation is 1. The molecule has 7 nitrogen and oxygen atoms in total. The lowest BCUT2D eigenvalue weighted by atomic mass is 10.0. The number of methoxy groups -OCH3 is 1. The van der Waals surface area contributed by atoms with Gasteiger partial charge in [-0.15, -0.1) is 0 Å². The van der Waals surface area contributed by atoms with E-state index in [1.807, 2.05) is 36.4 Å². The number of nitrogens with zero attached hydrogens (tertiary/aromatic N) is 2. The molecule has 2 heterocycles. The Bertz CT molecular complexity index is 1110. The highest BCUT2D eigenvalue weighted by molar-refractivity contribution is 5.78. The number of H-pyrrole nitrogens is 1. The number of hydrogen-bond acceptors (Lipinski definition) is 5. The fourth-order valence-corrected chi connectivity index (χ4v) is 4.21. The number of rotatable bonds is 8. The van der Waals surface area contributed by atoms with Gasteiger partial charge in [0.05, 0.1) is 24.1 Å². The van der Waals surface area contributed by atoms with Crippen molar-refractivity contribution in [2.75, 3.05) is 26.7 Å². The van der Waals surface area contributed by atoms with Gasteiger partial charge in [-0.2, -0.15) is 0 Å². The Morgan fingerprint density at radius 3 is 2.71 bits per heavy atom. The first-order valence-electron chi connectivity index (χ1n) is 10.8. The summed E-state index contributed by atoms with van der Waals surface area (Å²) in [5, 5.41) is 3.63. The summed E-state index contributed by atoms with van der Waals surface area (Å²) in [5.41, 5.74) is 1.56. The molecule has 1 fully saturated rings. The predicted molar refractivity (Wildman–Crippen MR) is 120 cm³/mol. The molecular weight excluding hydrogens is 392 g/mol. The van der Waals surface area contributed by atoms with Crippen molar-refractivity contribution in [2.24, 2.45) is 0 Å². The molecule has 2 N–H and O–H groups in total. The van der Waals surface area contributed by atoms with Gasteiger partial charge in [0.1, 0.15) is 11.6 Å². The van der Waals surface area contributed by atoms with Crippen LogP contribution in [0, 0.1) is 0 Å². The first-order chi connectivity index (χ1) is 15.2. The van der Waals surface area contributed by atoms with E-state index in [-0.39, 0.29) is 23.9 Å². The van der Waals surface area contributed by atoms with Crippen molar-refractivity contribution < 1.29 is 9.53 Å². The van der Waals surface area contributed by atoms with Gasteiger partial charge in [0.2, 0.25) is 5.91 Å². The molecule has 2 aromatic carbocycles. The third kappa shape index (κ3) is 4.94. The highest BCUT2D eigenvalue weighted by atomic mass is 16.5. The second-order valence-corrected chi connectivity index (χ2v) is 7.83. The highest BCUT2D eigenvalue weighted by Crippen LogP contribution is 2.31. The fourth-order valence-electron chi connectivity index (χ4n) is 4.21. The van der Waals surface area contributed by atoms with E-state index in [0.29, 0.717) is 29.7 Å². The van der Waals surface area contributed by atoms with E-state index in [9.17, 15) is 9.59 Å². The van der Waals surface area contributed by atoms with Gasteiger partial charge in [-0.25, -0.2) is 4.98 Å². The van der Waals surface area contributed by atoms with Crippen molar-refractivity contribution in [3.05, 3.63) is 70.3 Å². The largest absolute Gasteiger partial charge is 0.496 e. The molecule has 4 rings (SSSR count). The van der Waals surface area contributed by atoms with Crippen LogP contribution in [0.1, 0.15) is 36.7 Å². The molecule has 1 atom stereocenters. The van der Waals surface area contributed by atoms with Crippen LogP contribution in [-0.4, -0.2) is 47.5 Å². The average molecular weight is 421 g/mol. The lowest BCUT2D eigenvalue weighted by Gasteiger charge is -2.29. The van der Waals surface area contributed by atoms with Crippen LogP contribution >= 0.6 is 0 Å². The van der Waals surface area contributed by atoms with Gasteiger partial charge in [0.15, 0.2) is 0 Å². The standard InChI is InChI=1S/C24H28N4O3/c1-31-21-11-5-3-9-18(21)20(28-14-6-7-15-28)16-25-23(29)13-12-22-26-19-10-4-2-8-17(19)24(30)27-22/h2-5,8-11,20H,6-7,12-16H2,1H3,(H,25,29)(H,26,27,30). The number of ether oxygens (including phenoxy) is 1. The van der Waals surface area contributed by atoms with Crippen LogP contribution in [-0.2, 0) is 11.2 Å². The number of carbonyl (C=O) groups is 1. The van der Waals surface area contributed by atoms with Crippen LogP contribution in [0.2, 0.25) is 0 Å². The molecule has 0 spiro atoms. The lowest BCUT2D eigenvalue weighted by Crippen LogP contribution is -2.37. The van der Waals surface area contributed by atoms with Gasteiger partial charge in [0, 0.05) is 24.9 Å². The van der Waals surface area contributed by atoms with Gasteiger partial charge >= 0.3 is 0 Å². The van der Waals surface area contributed by atoms with Crippen LogP contribution in [0.3, 0.4) is 0 Å². The number of aromatic nitrogens is 2. The predicted octanol–water partition coefficient (Wildman–Crippen LogP) is 2.82. The summed E-state index contributed by atoms with van der Waals surface area (Å²) in [4.78, 5) is 34.5. The molecule has 162 valence electrons. The number of aromatic amines is 1. The zero-order valence-electron chi connectivity index (χ0n) is 17.8. The van der Waals surface area contributed by atoms with Crippen molar-refractivity contribution in [2.45, 2.75) is 31.7 Å². The zero-order valence-corrected chi connectivity index (χ0v) is 17.8. The number of carbonyl (C=O) groups excluding carboxylic acids is 1. The molecule has 1 unspecified atom stereocenters. The maximum absolute atomic E-state index is 12.6. The summed E-state index contributed by atoms with van der Waals surface area (Å²) >= 11 is 0. The van der Waals surface area contributed by atoms with E-state index in [1.165, 1.54) is 12.8 Å². The van der Waals surface area contributed by atoms with Crippen LogP contribution in [0.4, 0.5) is 0 Å². The van der Waals surface area contributed by atoms with Crippen molar-refractivity contribution in [3.8, 4) is 5.75 Å². The minimum Gasteiger partial charge on any atom is -0.496 e. The van der Waals surface area contributed by atoms with Gasteiger partial charge in [-0.3, -0.25) is 14.5 Å².